The molecule has 24 heavy (non-hydrogen) atoms. The van der Waals surface area contributed by atoms with Gasteiger partial charge in [-0.05, 0) is 29.3 Å². The summed E-state index contributed by atoms with van der Waals surface area (Å²) in [6.45, 7) is 1.90. The number of rotatable bonds is 7. The van der Waals surface area contributed by atoms with Gasteiger partial charge in [0.25, 0.3) is 0 Å². The number of benzene rings is 2. The fraction of sp³-hybridized carbons (Fsp3) is 0.368. The van der Waals surface area contributed by atoms with Gasteiger partial charge in [0.05, 0.1) is 38.4 Å². The normalized spacial score (nSPS) is 17.1. The number of methoxy groups -OCH3 is 1. The Labute approximate surface area is 147 Å². The molecule has 3 rings (SSSR count). The van der Waals surface area contributed by atoms with Crippen LogP contribution < -0.4 is 10.1 Å². The number of ether oxygens (including phenoxy) is 2. The maximum Gasteiger partial charge on any atom is 0.119 e. The maximum atomic E-state index is 9.66. The third-order valence-electron chi connectivity index (χ3n) is 4.48. The van der Waals surface area contributed by atoms with Crippen molar-refractivity contribution in [2.45, 2.75) is 6.04 Å². The van der Waals surface area contributed by atoms with E-state index in [1.165, 1.54) is 0 Å². The van der Waals surface area contributed by atoms with Gasteiger partial charge in [-0.1, -0.05) is 41.9 Å². The van der Waals surface area contributed by atoms with E-state index in [1.54, 1.807) is 7.11 Å². The summed E-state index contributed by atoms with van der Waals surface area (Å²) in [5.41, 5.74) is 1.86. The minimum absolute atomic E-state index is 0.0853. The topological polar surface area (TPSA) is 50.7 Å². The van der Waals surface area contributed by atoms with Crippen LogP contribution in [0.15, 0.2) is 48.5 Å². The van der Waals surface area contributed by atoms with Crippen molar-refractivity contribution in [3.05, 3.63) is 64.7 Å². The van der Waals surface area contributed by atoms with Gasteiger partial charge in [-0.25, -0.2) is 0 Å². The second-order valence-electron chi connectivity index (χ2n) is 6.26. The first-order valence-electron chi connectivity index (χ1n) is 7.98. The minimum atomic E-state index is -0.210. The molecule has 0 saturated carbocycles. The molecule has 5 heteroatoms. The summed E-state index contributed by atoms with van der Waals surface area (Å²) < 4.78 is 10.6. The lowest BCUT2D eigenvalue weighted by Gasteiger charge is -2.41. The van der Waals surface area contributed by atoms with Gasteiger partial charge >= 0.3 is 0 Å². The molecule has 1 aliphatic heterocycles. The SMILES string of the molecule is COc1cccc(C(NCC2(CO)COC2)c2ccccc2Cl)c1. The zero-order valence-electron chi connectivity index (χ0n) is 13.7. The molecule has 0 bridgehead atoms. The highest BCUT2D eigenvalue weighted by atomic mass is 35.5. The van der Waals surface area contributed by atoms with Crippen molar-refractivity contribution in [1.29, 1.82) is 0 Å². The smallest absolute Gasteiger partial charge is 0.119 e. The molecule has 1 fully saturated rings. The van der Waals surface area contributed by atoms with Crippen LogP contribution in [-0.2, 0) is 4.74 Å². The van der Waals surface area contributed by atoms with Gasteiger partial charge in [0.2, 0.25) is 0 Å². The maximum absolute atomic E-state index is 9.66. The molecule has 2 N–H and O–H groups in total. The molecule has 0 aromatic heterocycles. The van der Waals surface area contributed by atoms with Gasteiger partial charge in [0.15, 0.2) is 0 Å². The second-order valence-corrected chi connectivity index (χ2v) is 6.67. The van der Waals surface area contributed by atoms with Gasteiger partial charge < -0.3 is 19.9 Å². The second kappa shape index (κ2) is 7.53. The van der Waals surface area contributed by atoms with Crippen LogP contribution in [0.25, 0.3) is 0 Å². The highest BCUT2D eigenvalue weighted by molar-refractivity contribution is 6.31. The summed E-state index contributed by atoms with van der Waals surface area (Å²) in [4.78, 5) is 0. The van der Waals surface area contributed by atoms with Crippen LogP contribution >= 0.6 is 11.6 Å². The van der Waals surface area contributed by atoms with Crippen LogP contribution in [0.4, 0.5) is 0 Å². The van der Waals surface area contributed by atoms with E-state index in [4.69, 9.17) is 21.1 Å². The molecule has 1 heterocycles. The Hall–Kier alpha value is -1.59. The number of hydrogen-bond donors (Lipinski definition) is 2. The Morgan fingerprint density at radius 2 is 2.04 bits per heavy atom. The summed E-state index contributed by atoms with van der Waals surface area (Å²) in [5.74, 6) is 0.801. The van der Waals surface area contributed by atoms with Gasteiger partial charge in [-0.15, -0.1) is 0 Å². The highest BCUT2D eigenvalue weighted by Gasteiger charge is 2.38. The largest absolute Gasteiger partial charge is 0.497 e. The van der Waals surface area contributed by atoms with Crippen LogP contribution in [0.2, 0.25) is 5.02 Å². The first-order chi connectivity index (χ1) is 11.7. The summed E-state index contributed by atoms with van der Waals surface area (Å²) in [7, 11) is 1.66. The molecule has 1 aliphatic rings. The number of nitrogens with one attached hydrogen (secondary N) is 1. The van der Waals surface area contributed by atoms with Crippen LogP contribution in [0.5, 0.6) is 5.75 Å². The van der Waals surface area contributed by atoms with E-state index in [-0.39, 0.29) is 18.1 Å². The summed E-state index contributed by atoms with van der Waals surface area (Å²) in [5, 5.41) is 13.9. The fourth-order valence-corrected chi connectivity index (χ4v) is 3.14. The number of halogens is 1. The molecular weight excluding hydrogens is 326 g/mol. The minimum Gasteiger partial charge on any atom is -0.497 e. The van der Waals surface area contributed by atoms with Gasteiger partial charge in [0.1, 0.15) is 5.75 Å². The Balaban J connectivity index is 1.90. The molecule has 0 spiro atoms. The Morgan fingerprint density at radius 1 is 1.25 bits per heavy atom. The number of aliphatic hydroxyl groups is 1. The summed E-state index contributed by atoms with van der Waals surface area (Å²) in [6.07, 6.45) is 0. The Morgan fingerprint density at radius 3 is 2.67 bits per heavy atom. The lowest BCUT2D eigenvalue weighted by atomic mass is 9.86. The van der Waals surface area contributed by atoms with E-state index in [0.717, 1.165) is 16.9 Å². The molecule has 1 unspecified atom stereocenters. The Kier molecular flexibility index (Phi) is 5.41. The lowest BCUT2D eigenvalue weighted by Crippen LogP contribution is -2.52. The summed E-state index contributed by atoms with van der Waals surface area (Å²) in [6, 6.07) is 15.7. The van der Waals surface area contributed by atoms with Crippen molar-refractivity contribution in [2.75, 3.05) is 33.5 Å². The van der Waals surface area contributed by atoms with Crippen LogP contribution in [0, 0.1) is 5.41 Å². The molecule has 0 aliphatic carbocycles. The van der Waals surface area contributed by atoms with Crippen molar-refractivity contribution in [3.63, 3.8) is 0 Å². The third kappa shape index (κ3) is 3.57. The van der Waals surface area contributed by atoms with Gasteiger partial charge in [-0.3, -0.25) is 0 Å². The number of hydrogen-bond acceptors (Lipinski definition) is 4. The quantitative estimate of drug-likeness (QED) is 0.808. The molecule has 4 nitrogen and oxygen atoms in total. The predicted molar refractivity (Wildman–Crippen MR) is 94.6 cm³/mol. The van der Waals surface area contributed by atoms with E-state index in [9.17, 15) is 5.11 Å². The zero-order chi connectivity index (χ0) is 17.0. The van der Waals surface area contributed by atoms with Crippen molar-refractivity contribution >= 4 is 11.6 Å². The monoisotopic (exact) mass is 347 g/mol. The van der Waals surface area contributed by atoms with E-state index in [1.807, 2.05) is 48.5 Å². The molecule has 0 amide bonds. The zero-order valence-corrected chi connectivity index (χ0v) is 14.4. The van der Waals surface area contributed by atoms with Gasteiger partial charge in [0, 0.05) is 11.6 Å². The standard InChI is InChI=1S/C19H22ClNO3/c1-23-15-6-4-5-14(9-15)18(16-7-2-3-8-17(16)20)21-10-19(11-22)12-24-13-19/h2-9,18,21-22H,10-13H2,1H3. The lowest BCUT2D eigenvalue weighted by molar-refractivity contribution is -0.134. The van der Waals surface area contributed by atoms with E-state index < -0.39 is 0 Å². The first kappa shape index (κ1) is 17.2. The average Bonchev–Trinajstić information content (AvgIpc) is 2.58. The highest BCUT2D eigenvalue weighted by Crippen LogP contribution is 2.32. The molecular formula is C19H22ClNO3. The molecule has 1 saturated heterocycles. The molecule has 2 aromatic carbocycles. The predicted octanol–water partition coefficient (Wildman–Crippen LogP) is 3.04. The van der Waals surface area contributed by atoms with Crippen molar-refractivity contribution in [2.24, 2.45) is 5.41 Å². The summed E-state index contributed by atoms with van der Waals surface area (Å²) >= 11 is 6.43. The van der Waals surface area contributed by atoms with Crippen LogP contribution in [0.1, 0.15) is 17.2 Å². The molecule has 0 radical (unpaired) electrons. The number of aliphatic hydroxyl groups excluding tert-OH is 1. The third-order valence-corrected chi connectivity index (χ3v) is 4.82. The van der Waals surface area contributed by atoms with E-state index in [2.05, 4.69) is 5.32 Å². The van der Waals surface area contributed by atoms with Crippen molar-refractivity contribution in [3.8, 4) is 5.75 Å². The van der Waals surface area contributed by atoms with E-state index >= 15 is 0 Å². The van der Waals surface area contributed by atoms with E-state index in [0.29, 0.717) is 24.8 Å². The molecule has 128 valence electrons. The molecule has 1 atom stereocenters. The van der Waals surface area contributed by atoms with Crippen molar-refractivity contribution < 1.29 is 14.6 Å². The first-order valence-corrected chi connectivity index (χ1v) is 8.36. The Bertz CT molecular complexity index is 682. The van der Waals surface area contributed by atoms with Crippen LogP contribution in [-0.4, -0.2) is 38.6 Å². The average molecular weight is 348 g/mol. The van der Waals surface area contributed by atoms with Gasteiger partial charge in [-0.2, -0.15) is 0 Å². The van der Waals surface area contributed by atoms with Crippen LogP contribution in [0.3, 0.4) is 0 Å². The van der Waals surface area contributed by atoms with Crippen molar-refractivity contribution in [1.82, 2.24) is 5.32 Å². The molecule has 2 aromatic rings. The fourth-order valence-electron chi connectivity index (χ4n) is 2.90.